The van der Waals surface area contributed by atoms with E-state index in [1.165, 1.54) is 7.11 Å². The number of piperidine rings is 1. The molecule has 1 amide bonds. The number of carbonyl (C=O) groups is 2. The first-order chi connectivity index (χ1) is 16.2. The summed E-state index contributed by atoms with van der Waals surface area (Å²) in [7, 11) is 3.00. The van der Waals surface area contributed by atoms with Crippen molar-refractivity contribution in [3.63, 3.8) is 0 Å². The molecular weight excluding hydrogens is 436 g/mol. The van der Waals surface area contributed by atoms with Crippen molar-refractivity contribution in [2.75, 3.05) is 39.3 Å². The number of fused-ring (bicyclic) bond motifs is 1. The minimum atomic E-state index is -0.504. The summed E-state index contributed by atoms with van der Waals surface area (Å²) in [6.45, 7) is 7.68. The van der Waals surface area contributed by atoms with Crippen LogP contribution in [0, 0.1) is 5.92 Å². The van der Waals surface area contributed by atoms with E-state index in [1.807, 2.05) is 45.0 Å². The van der Waals surface area contributed by atoms with Crippen LogP contribution in [0.25, 0.3) is 11.3 Å². The monoisotopic (exact) mass is 470 g/mol. The second-order valence-corrected chi connectivity index (χ2v) is 9.83. The van der Waals surface area contributed by atoms with Crippen molar-refractivity contribution in [2.24, 2.45) is 5.92 Å². The molecule has 1 N–H and O–H groups in total. The lowest BCUT2D eigenvalue weighted by atomic mass is 9.81. The van der Waals surface area contributed by atoms with E-state index in [4.69, 9.17) is 19.2 Å². The average molecular weight is 471 g/mol. The number of nitrogens with one attached hydrogen (secondary N) is 1. The van der Waals surface area contributed by atoms with Crippen LogP contribution in [0.1, 0.15) is 62.3 Å². The van der Waals surface area contributed by atoms with Gasteiger partial charge in [-0.3, -0.25) is 0 Å². The zero-order chi connectivity index (χ0) is 24.5. The van der Waals surface area contributed by atoms with E-state index in [9.17, 15) is 9.59 Å². The van der Waals surface area contributed by atoms with Gasteiger partial charge in [-0.2, -0.15) is 0 Å². The fourth-order valence-corrected chi connectivity index (χ4v) is 4.80. The number of esters is 1. The summed E-state index contributed by atoms with van der Waals surface area (Å²) in [6.07, 6.45) is 2.38. The van der Waals surface area contributed by atoms with Gasteiger partial charge in [-0.15, -0.1) is 0 Å². The normalized spacial score (nSPS) is 18.6. The number of aromatic nitrogens is 2. The molecule has 184 valence electrons. The van der Waals surface area contributed by atoms with Crippen LogP contribution < -0.4 is 10.2 Å². The standard InChI is InChI=1S/C25H34N4O5/c1-25(2,3)34-24(31)28-14-11-16(12-15-28)19-10-13-26-29-21(23(30)33-5)20(27-22(19)29)17-6-8-18(32-4)9-7-17/h6-9,16,19,26H,10-15H2,1-5H3. The highest BCUT2D eigenvalue weighted by Crippen LogP contribution is 2.39. The van der Waals surface area contributed by atoms with E-state index >= 15 is 0 Å². The molecule has 1 fully saturated rings. The van der Waals surface area contributed by atoms with Crippen LogP contribution in [0.5, 0.6) is 5.75 Å². The molecule has 0 spiro atoms. The molecule has 1 saturated heterocycles. The predicted octanol–water partition coefficient (Wildman–Crippen LogP) is 4.02. The van der Waals surface area contributed by atoms with E-state index in [1.54, 1.807) is 16.7 Å². The average Bonchev–Trinajstić information content (AvgIpc) is 3.22. The number of likely N-dealkylation sites (tertiary alicyclic amines) is 1. The number of ether oxygens (including phenoxy) is 3. The Morgan fingerprint density at radius 1 is 1.06 bits per heavy atom. The zero-order valence-corrected chi connectivity index (χ0v) is 20.6. The Labute approximate surface area is 200 Å². The van der Waals surface area contributed by atoms with Gasteiger partial charge in [0.1, 0.15) is 22.9 Å². The van der Waals surface area contributed by atoms with Crippen LogP contribution in [-0.2, 0) is 9.47 Å². The van der Waals surface area contributed by atoms with Crippen LogP contribution >= 0.6 is 0 Å². The summed E-state index contributed by atoms with van der Waals surface area (Å²) in [4.78, 5) is 32.0. The van der Waals surface area contributed by atoms with Gasteiger partial charge in [0.05, 0.1) is 14.2 Å². The maximum Gasteiger partial charge on any atom is 0.410 e. The Kier molecular flexibility index (Phi) is 6.72. The minimum absolute atomic E-state index is 0.178. The Balaban J connectivity index is 1.59. The van der Waals surface area contributed by atoms with E-state index in [-0.39, 0.29) is 12.0 Å². The zero-order valence-electron chi connectivity index (χ0n) is 20.6. The second kappa shape index (κ2) is 9.56. The Bertz CT molecular complexity index is 1030. The second-order valence-electron chi connectivity index (χ2n) is 9.83. The van der Waals surface area contributed by atoms with Crippen LogP contribution in [0.4, 0.5) is 4.79 Å². The molecule has 0 radical (unpaired) electrons. The molecule has 4 rings (SSSR count). The first kappa shape index (κ1) is 23.9. The molecule has 2 aliphatic rings. The van der Waals surface area contributed by atoms with Gasteiger partial charge in [0.15, 0.2) is 5.69 Å². The van der Waals surface area contributed by atoms with E-state index in [2.05, 4.69) is 5.43 Å². The van der Waals surface area contributed by atoms with Gasteiger partial charge in [0, 0.05) is 31.1 Å². The number of hydrogen-bond acceptors (Lipinski definition) is 7. The molecule has 9 nitrogen and oxygen atoms in total. The van der Waals surface area contributed by atoms with Gasteiger partial charge in [-0.1, -0.05) is 0 Å². The largest absolute Gasteiger partial charge is 0.497 e. The summed E-state index contributed by atoms with van der Waals surface area (Å²) in [5.41, 5.74) is 4.64. The predicted molar refractivity (Wildman–Crippen MR) is 128 cm³/mol. The fraction of sp³-hybridized carbons (Fsp3) is 0.560. The third-order valence-electron chi connectivity index (χ3n) is 6.46. The van der Waals surface area contributed by atoms with E-state index < -0.39 is 11.6 Å². The van der Waals surface area contributed by atoms with Crippen molar-refractivity contribution in [3.8, 4) is 17.0 Å². The molecule has 1 unspecified atom stereocenters. The molecule has 9 heteroatoms. The maximum atomic E-state index is 12.8. The maximum absolute atomic E-state index is 12.8. The van der Waals surface area contributed by atoms with Gasteiger partial charge in [0.2, 0.25) is 0 Å². The number of nitrogens with zero attached hydrogens (tertiary/aromatic N) is 3. The Morgan fingerprint density at radius 3 is 2.32 bits per heavy atom. The first-order valence-electron chi connectivity index (χ1n) is 11.8. The molecule has 2 aromatic rings. The molecular formula is C25H34N4O5. The van der Waals surface area contributed by atoms with Crippen LogP contribution in [0.2, 0.25) is 0 Å². The third kappa shape index (κ3) is 4.83. The molecule has 1 aromatic carbocycles. The summed E-state index contributed by atoms with van der Waals surface area (Å²) >= 11 is 0. The van der Waals surface area contributed by atoms with Crippen molar-refractivity contribution in [2.45, 2.75) is 51.6 Å². The molecule has 0 bridgehead atoms. The molecule has 3 heterocycles. The molecule has 34 heavy (non-hydrogen) atoms. The minimum Gasteiger partial charge on any atom is -0.497 e. The summed E-state index contributed by atoms with van der Waals surface area (Å²) in [5, 5.41) is 0. The summed E-state index contributed by atoms with van der Waals surface area (Å²) in [5.74, 6) is 1.68. The topological polar surface area (TPSA) is 94.9 Å². The van der Waals surface area contributed by atoms with Gasteiger partial charge >= 0.3 is 12.1 Å². The lowest BCUT2D eigenvalue weighted by molar-refractivity contribution is 0.0170. The van der Waals surface area contributed by atoms with Crippen LogP contribution in [0.3, 0.4) is 0 Å². The van der Waals surface area contributed by atoms with Crippen molar-refractivity contribution >= 4 is 12.1 Å². The SMILES string of the molecule is COC(=O)c1c(-c2ccc(OC)cc2)nc2n1NCCC2C1CCN(C(=O)OC(C)(C)C)CC1. The van der Waals surface area contributed by atoms with Crippen molar-refractivity contribution < 1.29 is 23.8 Å². The number of benzene rings is 1. The van der Waals surface area contributed by atoms with Crippen molar-refractivity contribution in [3.05, 3.63) is 35.8 Å². The molecule has 1 aromatic heterocycles. The highest BCUT2D eigenvalue weighted by Gasteiger charge is 2.37. The smallest absolute Gasteiger partial charge is 0.410 e. The van der Waals surface area contributed by atoms with E-state index in [0.717, 1.165) is 42.9 Å². The third-order valence-corrected chi connectivity index (χ3v) is 6.46. The number of methoxy groups -OCH3 is 2. The summed E-state index contributed by atoms with van der Waals surface area (Å²) < 4.78 is 17.7. The Hall–Kier alpha value is -3.23. The highest BCUT2D eigenvalue weighted by atomic mass is 16.6. The van der Waals surface area contributed by atoms with Gasteiger partial charge in [-0.25, -0.2) is 19.2 Å². The Morgan fingerprint density at radius 2 is 1.74 bits per heavy atom. The lowest BCUT2D eigenvalue weighted by Gasteiger charge is -2.38. The first-order valence-corrected chi connectivity index (χ1v) is 11.8. The lowest BCUT2D eigenvalue weighted by Crippen LogP contribution is -2.43. The molecule has 2 aliphatic heterocycles. The van der Waals surface area contributed by atoms with Gasteiger partial charge < -0.3 is 24.5 Å². The van der Waals surface area contributed by atoms with Gasteiger partial charge in [0.25, 0.3) is 0 Å². The van der Waals surface area contributed by atoms with Crippen LogP contribution in [0.15, 0.2) is 24.3 Å². The number of amides is 1. The number of carbonyl (C=O) groups excluding carboxylic acids is 2. The number of rotatable bonds is 4. The van der Waals surface area contributed by atoms with Crippen molar-refractivity contribution in [1.82, 2.24) is 14.6 Å². The van der Waals surface area contributed by atoms with Gasteiger partial charge in [-0.05, 0) is 70.2 Å². The molecule has 0 aliphatic carbocycles. The quantitative estimate of drug-likeness (QED) is 0.674. The number of hydrogen-bond donors (Lipinski definition) is 1. The molecule has 1 atom stereocenters. The van der Waals surface area contributed by atoms with Crippen molar-refractivity contribution in [1.29, 1.82) is 0 Å². The number of imidazole rings is 1. The summed E-state index contributed by atoms with van der Waals surface area (Å²) in [6, 6.07) is 7.50. The fourth-order valence-electron chi connectivity index (χ4n) is 4.80. The van der Waals surface area contributed by atoms with E-state index in [0.29, 0.717) is 30.4 Å². The molecule has 0 saturated carbocycles. The highest BCUT2D eigenvalue weighted by molar-refractivity contribution is 5.95. The van der Waals surface area contributed by atoms with Crippen LogP contribution in [-0.4, -0.2) is 66.1 Å².